The number of fused-ring (bicyclic) bond motifs is 1. The SMILES string of the molecule is CN(C)Cc1csc2ccccc2c1=O.Cl. The molecule has 0 saturated heterocycles. The average Bonchev–Trinajstić information content (AvgIpc) is 2.22. The molecule has 1 heterocycles. The van der Waals surface area contributed by atoms with Crippen molar-refractivity contribution >= 4 is 33.8 Å². The van der Waals surface area contributed by atoms with Gasteiger partial charge in [-0.2, -0.15) is 0 Å². The van der Waals surface area contributed by atoms with E-state index in [1.807, 2.05) is 48.6 Å². The minimum atomic E-state index is 0. The van der Waals surface area contributed by atoms with Crippen LogP contribution >= 0.6 is 23.7 Å². The summed E-state index contributed by atoms with van der Waals surface area (Å²) in [4.78, 5) is 14.1. The predicted molar refractivity (Wildman–Crippen MR) is 72.7 cm³/mol. The molecule has 2 nitrogen and oxygen atoms in total. The third-order valence-corrected chi connectivity index (χ3v) is 3.25. The van der Waals surface area contributed by atoms with E-state index in [0.29, 0.717) is 6.54 Å². The lowest BCUT2D eigenvalue weighted by Crippen LogP contribution is -2.17. The Bertz CT molecular complexity index is 536. The van der Waals surface area contributed by atoms with Gasteiger partial charge in [-0.3, -0.25) is 4.79 Å². The van der Waals surface area contributed by atoms with Gasteiger partial charge < -0.3 is 4.90 Å². The van der Waals surface area contributed by atoms with Crippen molar-refractivity contribution in [3.05, 3.63) is 45.4 Å². The molecule has 0 radical (unpaired) electrons. The number of hydrogen-bond acceptors (Lipinski definition) is 3. The Morgan fingerprint density at radius 2 is 1.94 bits per heavy atom. The van der Waals surface area contributed by atoms with E-state index in [1.54, 1.807) is 11.3 Å². The molecular formula is C12H14ClNOS. The maximum absolute atomic E-state index is 12.0. The predicted octanol–water partition coefficient (Wildman–Crippen LogP) is 2.74. The van der Waals surface area contributed by atoms with Crippen molar-refractivity contribution in [1.82, 2.24) is 4.90 Å². The van der Waals surface area contributed by atoms with Crippen LogP contribution in [-0.2, 0) is 6.54 Å². The fourth-order valence-corrected chi connectivity index (χ4v) is 2.46. The second-order valence-corrected chi connectivity index (χ2v) is 4.74. The molecule has 0 atom stereocenters. The molecule has 2 rings (SSSR count). The van der Waals surface area contributed by atoms with Gasteiger partial charge >= 0.3 is 0 Å². The Morgan fingerprint density at radius 1 is 1.25 bits per heavy atom. The van der Waals surface area contributed by atoms with Crippen LogP contribution in [0, 0.1) is 0 Å². The summed E-state index contributed by atoms with van der Waals surface area (Å²) in [5.74, 6) is 0. The van der Waals surface area contributed by atoms with Crippen molar-refractivity contribution in [3.63, 3.8) is 0 Å². The highest BCUT2D eigenvalue weighted by Crippen LogP contribution is 2.16. The van der Waals surface area contributed by atoms with Crippen LogP contribution in [0.1, 0.15) is 5.56 Å². The number of rotatable bonds is 2. The van der Waals surface area contributed by atoms with E-state index in [2.05, 4.69) is 0 Å². The molecule has 16 heavy (non-hydrogen) atoms. The number of nitrogens with zero attached hydrogens (tertiary/aromatic N) is 1. The first-order chi connectivity index (χ1) is 7.18. The molecule has 0 amide bonds. The van der Waals surface area contributed by atoms with Gasteiger partial charge in [-0.25, -0.2) is 0 Å². The van der Waals surface area contributed by atoms with Crippen molar-refractivity contribution in [1.29, 1.82) is 0 Å². The smallest absolute Gasteiger partial charge is 0.192 e. The molecule has 0 aliphatic carbocycles. The van der Waals surface area contributed by atoms with Crippen molar-refractivity contribution < 1.29 is 0 Å². The molecular weight excluding hydrogens is 242 g/mol. The van der Waals surface area contributed by atoms with E-state index < -0.39 is 0 Å². The molecule has 0 spiro atoms. The summed E-state index contributed by atoms with van der Waals surface area (Å²) in [6.45, 7) is 0.708. The lowest BCUT2D eigenvalue weighted by Gasteiger charge is -2.08. The Morgan fingerprint density at radius 3 is 2.62 bits per heavy atom. The maximum Gasteiger partial charge on any atom is 0.192 e. The van der Waals surface area contributed by atoms with E-state index in [0.717, 1.165) is 15.6 Å². The van der Waals surface area contributed by atoms with Gasteiger partial charge in [0, 0.05) is 22.2 Å². The van der Waals surface area contributed by atoms with Gasteiger partial charge in [0.15, 0.2) is 5.43 Å². The Labute approximate surface area is 105 Å². The summed E-state index contributed by atoms with van der Waals surface area (Å²) >= 11 is 1.63. The first kappa shape index (κ1) is 13.2. The first-order valence-corrected chi connectivity index (χ1v) is 5.70. The molecule has 86 valence electrons. The highest BCUT2D eigenvalue weighted by atomic mass is 35.5. The van der Waals surface area contributed by atoms with Crippen molar-refractivity contribution in [3.8, 4) is 0 Å². The van der Waals surface area contributed by atoms with Crippen LogP contribution in [-0.4, -0.2) is 19.0 Å². The van der Waals surface area contributed by atoms with Gasteiger partial charge in [0.05, 0.1) is 0 Å². The lowest BCUT2D eigenvalue weighted by molar-refractivity contribution is 0.402. The van der Waals surface area contributed by atoms with Gasteiger partial charge in [-0.15, -0.1) is 23.7 Å². The zero-order valence-corrected chi connectivity index (χ0v) is 10.9. The molecule has 2 aromatic rings. The van der Waals surface area contributed by atoms with Crippen LogP contribution in [0.3, 0.4) is 0 Å². The van der Waals surface area contributed by atoms with E-state index in [1.165, 1.54) is 0 Å². The average molecular weight is 256 g/mol. The molecule has 0 fully saturated rings. The molecule has 1 aromatic heterocycles. The molecule has 0 saturated carbocycles. The standard InChI is InChI=1S/C12H13NOS.ClH/c1-13(2)7-9-8-15-11-6-4-3-5-10(11)12(9)14;/h3-6,8H,7H2,1-2H3;1H. The van der Waals surface area contributed by atoms with Crippen molar-refractivity contribution in [2.45, 2.75) is 6.54 Å². The Balaban J connectivity index is 0.00000128. The van der Waals surface area contributed by atoms with Gasteiger partial charge in [0.1, 0.15) is 0 Å². The van der Waals surface area contributed by atoms with Crippen molar-refractivity contribution in [2.24, 2.45) is 0 Å². The third kappa shape index (κ3) is 2.61. The molecule has 1 aromatic carbocycles. The fraction of sp³-hybridized carbons (Fsp3) is 0.250. The summed E-state index contributed by atoms with van der Waals surface area (Å²) < 4.78 is 1.06. The van der Waals surface area contributed by atoms with Crippen LogP contribution < -0.4 is 5.43 Å². The van der Waals surface area contributed by atoms with Gasteiger partial charge in [0.2, 0.25) is 0 Å². The quantitative estimate of drug-likeness (QED) is 0.823. The minimum Gasteiger partial charge on any atom is -0.305 e. The second-order valence-electron chi connectivity index (χ2n) is 3.82. The van der Waals surface area contributed by atoms with Crippen LogP contribution in [0.15, 0.2) is 34.4 Å². The summed E-state index contributed by atoms with van der Waals surface area (Å²) in [7, 11) is 3.94. The Hall–Kier alpha value is -0.900. The highest BCUT2D eigenvalue weighted by molar-refractivity contribution is 7.16. The second kappa shape index (κ2) is 5.43. The molecule has 4 heteroatoms. The molecule has 0 aliphatic heterocycles. The fourth-order valence-electron chi connectivity index (χ4n) is 1.57. The maximum atomic E-state index is 12.0. The minimum absolute atomic E-state index is 0. The van der Waals surface area contributed by atoms with E-state index >= 15 is 0 Å². The largest absolute Gasteiger partial charge is 0.305 e. The summed E-state index contributed by atoms with van der Waals surface area (Å²) in [6.07, 6.45) is 0. The van der Waals surface area contributed by atoms with Crippen LogP contribution in [0.5, 0.6) is 0 Å². The third-order valence-electron chi connectivity index (χ3n) is 2.24. The van der Waals surface area contributed by atoms with Crippen LogP contribution in [0.25, 0.3) is 10.1 Å². The first-order valence-electron chi connectivity index (χ1n) is 4.82. The zero-order chi connectivity index (χ0) is 10.8. The molecule has 0 bridgehead atoms. The number of halogens is 1. The van der Waals surface area contributed by atoms with Gasteiger partial charge in [-0.05, 0) is 31.6 Å². The zero-order valence-electron chi connectivity index (χ0n) is 9.27. The van der Waals surface area contributed by atoms with Gasteiger partial charge in [0.25, 0.3) is 0 Å². The molecule has 0 N–H and O–H groups in total. The summed E-state index contributed by atoms with van der Waals surface area (Å²) in [6, 6.07) is 7.76. The van der Waals surface area contributed by atoms with E-state index in [9.17, 15) is 4.79 Å². The topological polar surface area (TPSA) is 20.3 Å². The normalized spacial score (nSPS) is 10.4. The van der Waals surface area contributed by atoms with E-state index in [-0.39, 0.29) is 17.8 Å². The monoisotopic (exact) mass is 255 g/mol. The van der Waals surface area contributed by atoms with E-state index in [4.69, 9.17) is 0 Å². The Kier molecular flexibility index (Phi) is 4.47. The summed E-state index contributed by atoms with van der Waals surface area (Å²) in [5, 5.41) is 2.80. The van der Waals surface area contributed by atoms with Crippen molar-refractivity contribution in [2.75, 3.05) is 14.1 Å². The van der Waals surface area contributed by atoms with Gasteiger partial charge in [-0.1, -0.05) is 12.1 Å². The van der Waals surface area contributed by atoms with Crippen LogP contribution in [0.2, 0.25) is 0 Å². The number of hydrogen-bond donors (Lipinski definition) is 0. The molecule has 0 unspecified atom stereocenters. The summed E-state index contributed by atoms with van der Waals surface area (Å²) in [5.41, 5.74) is 1.04. The highest BCUT2D eigenvalue weighted by Gasteiger charge is 2.05. The van der Waals surface area contributed by atoms with Crippen LogP contribution in [0.4, 0.5) is 0 Å². The number of benzene rings is 1. The lowest BCUT2D eigenvalue weighted by atomic mass is 10.2. The molecule has 0 aliphatic rings.